The van der Waals surface area contributed by atoms with Crippen LogP contribution in [0.4, 0.5) is 13.2 Å². The Bertz CT molecular complexity index is 1180. The standard InChI is InChI=1S/C19H16ClF3N4O4/c1-10-5-12(6-11(2)17(10)31-9-16(28)29)8-26-18(30)27(25-24-26)13-3-4-14(15(20)7-13)19(21,22)23/h3-7H,8-9H2,1-2H3,(H,28,29). The number of carboxylic acid groups (broad SMARTS) is 1. The average Bonchev–Trinajstić information content (AvgIpc) is 3.00. The van der Waals surface area contributed by atoms with E-state index in [-0.39, 0.29) is 12.2 Å². The quantitative estimate of drug-likeness (QED) is 0.611. The number of rotatable bonds is 6. The van der Waals surface area contributed by atoms with Gasteiger partial charge in [0.05, 0.1) is 22.8 Å². The second-order valence-corrected chi connectivity index (χ2v) is 7.14. The van der Waals surface area contributed by atoms with Gasteiger partial charge in [0, 0.05) is 0 Å². The Labute approximate surface area is 178 Å². The number of hydrogen-bond donors (Lipinski definition) is 1. The third kappa shape index (κ3) is 4.88. The van der Waals surface area contributed by atoms with Crippen molar-refractivity contribution >= 4 is 17.6 Å². The largest absolute Gasteiger partial charge is 0.481 e. The number of aromatic nitrogens is 4. The molecule has 0 fully saturated rings. The Morgan fingerprint density at radius 1 is 1.16 bits per heavy atom. The Hall–Kier alpha value is -3.34. The molecule has 1 N–H and O–H groups in total. The fourth-order valence-corrected chi connectivity index (χ4v) is 3.35. The summed E-state index contributed by atoms with van der Waals surface area (Å²) in [6, 6.07) is 6.27. The molecule has 0 saturated heterocycles. The fraction of sp³-hybridized carbons (Fsp3) is 0.263. The van der Waals surface area contributed by atoms with Gasteiger partial charge in [0.15, 0.2) is 6.61 Å². The van der Waals surface area contributed by atoms with Gasteiger partial charge in [0.2, 0.25) is 0 Å². The van der Waals surface area contributed by atoms with E-state index in [0.717, 1.165) is 27.6 Å². The van der Waals surface area contributed by atoms with E-state index in [4.69, 9.17) is 21.4 Å². The van der Waals surface area contributed by atoms with E-state index in [1.807, 2.05) is 0 Å². The molecule has 1 aromatic heterocycles. The van der Waals surface area contributed by atoms with Crippen molar-refractivity contribution < 1.29 is 27.8 Å². The molecule has 0 atom stereocenters. The van der Waals surface area contributed by atoms with Crippen LogP contribution in [0.2, 0.25) is 5.02 Å². The minimum absolute atomic E-state index is 0.0358. The predicted octanol–water partition coefficient (Wildman–Crippen LogP) is 3.23. The summed E-state index contributed by atoms with van der Waals surface area (Å²) in [5.74, 6) is -0.670. The van der Waals surface area contributed by atoms with Gasteiger partial charge in [-0.3, -0.25) is 0 Å². The van der Waals surface area contributed by atoms with Gasteiger partial charge in [-0.05, 0) is 59.2 Å². The number of ether oxygens (including phenoxy) is 1. The lowest BCUT2D eigenvalue weighted by Gasteiger charge is -2.12. The number of aryl methyl sites for hydroxylation is 2. The van der Waals surface area contributed by atoms with Gasteiger partial charge in [0.25, 0.3) is 0 Å². The smallest absolute Gasteiger partial charge is 0.417 e. The van der Waals surface area contributed by atoms with E-state index in [2.05, 4.69) is 10.4 Å². The van der Waals surface area contributed by atoms with Crippen LogP contribution in [0, 0.1) is 13.8 Å². The van der Waals surface area contributed by atoms with Crippen molar-refractivity contribution in [3.05, 3.63) is 68.1 Å². The molecule has 0 unspecified atom stereocenters. The minimum atomic E-state index is -4.62. The van der Waals surface area contributed by atoms with Crippen molar-refractivity contribution in [2.75, 3.05) is 6.61 Å². The summed E-state index contributed by atoms with van der Waals surface area (Å²) >= 11 is 5.71. The topological polar surface area (TPSA) is 99.2 Å². The molecule has 0 bridgehead atoms. The molecule has 31 heavy (non-hydrogen) atoms. The summed E-state index contributed by atoms with van der Waals surface area (Å²) in [5, 5.41) is 15.7. The van der Waals surface area contributed by atoms with Crippen molar-refractivity contribution in [2.45, 2.75) is 26.6 Å². The van der Waals surface area contributed by atoms with Crippen molar-refractivity contribution in [3.63, 3.8) is 0 Å². The lowest BCUT2D eigenvalue weighted by Crippen LogP contribution is -2.25. The number of alkyl halides is 3. The summed E-state index contributed by atoms with van der Waals surface area (Å²) in [4.78, 5) is 23.3. The highest BCUT2D eigenvalue weighted by atomic mass is 35.5. The maximum atomic E-state index is 12.9. The Kier molecular flexibility index (Phi) is 6.07. The van der Waals surface area contributed by atoms with Gasteiger partial charge in [0.1, 0.15) is 5.75 Å². The molecule has 0 aliphatic rings. The first-order valence-corrected chi connectivity index (χ1v) is 9.20. The molecular formula is C19H16ClF3N4O4. The maximum absolute atomic E-state index is 12.9. The van der Waals surface area contributed by atoms with Gasteiger partial charge in [-0.2, -0.15) is 22.5 Å². The van der Waals surface area contributed by atoms with E-state index >= 15 is 0 Å². The number of carbonyl (C=O) groups is 1. The number of halogens is 4. The summed E-state index contributed by atoms with van der Waals surface area (Å²) in [7, 11) is 0. The second kappa shape index (κ2) is 8.42. The third-order valence-electron chi connectivity index (χ3n) is 4.33. The number of hydrogen-bond acceptors (Lipinski definition) is 5. The van der Waals surface area contributed by atoms with E-state index in [1.54, 1.807) is 26.0 Å². The molecule has 0 aliphatic carbocycles. The summed E-state index contributed by atoms with van der Waals surface area (Å²) < 4.78 is 45.8. The first kappa shape index (κ1) is 22.3. The molecule has 8 nitrogen and oxygen atoms in total. The number of nitrogens with zero attached hydrogens (tertiary/aromatic N) is 4. The number of carboxylic acids is 1. The monoisotopic (exact) mass is 456 g/mol. The maximum Gasteiger partial charge on any atom is 0.417 e. The summed E-state index contributed by atoms with van der Waals surface area (Å²) in [6.45, 7) is 3.02. The van der Waals surface area contributed by atoms with Crippen molar-refractivity contribution in [1.29, 1.82) is 0 Å². The van der Waals surface area contributed by atoms with Crippen molar-refractivity contribution in [3.8, 4) is 11.4 Å². The minimum Gasteiger partial charge on any atom is -0.481 e. The molecule has 3 aromatic rings. The zero-order valence-corrected chi connectivity index (χ0v) is 17.0. The SMILES string of the molecule is Cc1cc(Cn2nnn(-c3ccc(C(F)(F)F)c(Cl)c3)c2=O)cc(C)c1OCC(=O)O. The molecule has 0 saturated carbocycles. The highest BCUT2D eigenvalue weighted by Gasteiger charge is 2.33. The molecule has 0 spiro atoms. The van der Waals surface area contributed by atoms with Crippen molar-refractivity contribution in [2.24, 2.45) is 0 Å². The Morgan fingerprint density at radius 2 is 1.81 bits per heavy atom. The first-order valence-electron chi connectivity index (χ1n) is 8.82. The first-order chi connectivity index (χ1) is 14.5. The second-order valence-electron chi connectivity index (χ2n) is 6.73. The van der Waals surface area contributed by atoms with E-state index in [0.29, 0.717) is 22.4 Å². The number of aliphatic carboxylic acids is 1. The lowest BCUT2D eigenvalue weighted by atomic mass is 10.1. The van der Waals surface area contributed by atoms with Crippen LogP contribution < -0.4 is 10.4 Å². The predicted molar refractivity (Wildman–Crippen MR) is 104 cm³/mol. The molecule has 3 rings (SSSR count). The summed E-state index contributed by atoms with van der Waals surface area (Å²) in [5.41, 5.74) is 0.376. The van der Waals surface area contributed by atoms with Gasteiger partial charge in [-0.1, -0.05) is 23.7 Å². The highest BCUT2D eigenvalue weighted by Crippen LogP contribution is 2.35. The van der Waals surface area contributed by atoms with Crippen LogP contribution in [-0.2, 0) is 17.5 Å². The molecule has 164 valence electrons. The van der Waals surface area contributed by atoms with Crippen LogP contribution in [0.25, 0.3) is 5.69 Å². The lowest BCUT2D eigenvalue weighted by molar-refractivity contribution is -0.139. The van der Waals surface area contributed by atoms with Gasteiger partial charge in [-0.15, -0.1) is 0 Å². The molecule has 2 aromatic carbocycles. The Morgan fingerprint density at radius 3 is 2.35 bits per heavy atom. The molecule has 12 heteroatoms. The van der Waals surface area contributed by atoms with Crippen LogP contribution in [0.15, 0.2) is 35.1 Å². The van der Waals surface area contributed by atoms with Gasteiger partial charge < -0.3 is 9.84 Å². The van der Waals surface area contributed by atoms with Gasteiger partial charge >= 0.3 is 17.8 Å². The molecule has 0 radical (unpaired) electrons. The average molecular weight is 457 g/mol. The van der Waals surface area contributed by atoms with E-state index in [9.17, 15) is 22.8 Å². The zero-order chi connectivity index (χ0) is 22.9. The molecule has 0 amide bonds. The highest BCUT2D eigenvalue weighted by molar-refractivity contribution is 6.31. The summed E-state index contributed by atoms with van der Waals surface area (Å²) in [6.07, 6.45) is -4.62. The van der Waals surface area contributed by atoms with Crippen LogP contribution in [0.3, 0.4) is 0 Å². The van der Waals surface area contributed by atoms with Gasteiger partial charge in [-0.25, -0.2) is 9.59 Å². The number of benzene rings is 2. The Balaban J connectivity index is 1.87. The van der Waals surface area contributed by atoms with Crippen LogP contribution in [0.5, 0.6) is 5.75 Å². The number of tetrazole rings is 1. The molecule has 0 aliphatic heterocycles. The van der Waals surface area contributed by atoms with E-state index < -0.39 is 35.0 Å². The third-order valence-corrected chi connectivity index (χ3v) is 4.65. The van der Waals surface area contributed by atoms with Crippen LogP contribution >= 0.6 is 11.6 Å². The fourth-order valence-electron chi connectivity index (χ4n) is 3.07. The molecule has 1 heterocycles. The van der Waals surface area contributed by atoms with Crippen LogP contribution in [-0.4, -0.2) is 37.5 Å². The van der Waals surface area contributed by atoms with E-state index in [1.165, 1.54) is 0 Å². The molecular weight excluding hydrogens is 441 g/mol. The zero-order valence-electron chi connectivity index (χ0n) is 16.3. The van der Waals surface area contributed by atoms with Crippen molar-refractivity contribution in [1.82, 2.24) is 19.8 Å². The normalized spacial score (nSPS) is 11.5. The van der Waals surface area contributed by atoms with Crippen LogP contribution in [0.1, 0.15) is 22.3 Å².